The second-order valence-electron chi connectivity index (χ2n) is 4.49. The minimum Gasteiger partial charge on any atom is -0.378 e. The topological polar surface area (TPSA) is 53.3 Å². The van der Waals surface area contributed by atoms with E-state index in [-0.39, 0.29) is 12.0 Å². The number of hydrogen-bond acceptors (Lipinski definition) is 2. The Bertz CT molecular complexity index is 219. The number of carbonyl (C=O) groups is 1. The first-order chi connectivity index (χ1) is 7.27. The molecule has 1 amide bonds. The fourth-order valence-electron chi connectivity index (χ4n) is 2.38. The van der Waals surface area contributed by atoms with E-state index in [1.165, 1.54) is 0 Å². The van der Waals surface area contributed by atoms with Crippen molar-refractivity contribution in [1.82, 2.24) is 10.6 Å². The Morgan fingerprint density at radius 3 is 2.33 bits per heavy atom. The predicted molar refractivity (Wildman–Crippen MR) is 56.2 cm³/mol. The molecule has 0 unspecified atom stereocenters. The maximum absolute atomic E-state index is 12.1. The fourth-order valence-corrected chi connectivity index (χ4v) is 2.38. The maximum atomic E-state index is 12.1. The van der Waals surface area contributed by atoms with Crippen molar-refractivity contribution in [3.63, 3.8) is 0 Å². The number of ether oxygens (including phenoxy) is 1. The first-order valence-electron chi connectivity index (χ1n) is 5.85. The standard InChI is InChI=1S/C11H19N2O2/c12-10-3-1-9(2-4-10)11(14)13-5-7-15-8-6-13/h9-10,12H,1-8H2/t9-,10-. The van der Waals surface area contributed by atoms with Crippen LogP contribution >= 0.6 is 0 Å². The third-order valence-corrected chi connectivity index (χ3v) is 3.40. The molecule has 1 saturated heterocycles. The van der Waals surface area contributed by atoms with Crippen molar-refractivity contribution in [2.45, 2.75) is 31.7 Å². The van der Waals surface area contributed by atoms with Crippen molar-refractivity contribution >= 4 is 5.91 Å². The van der Waals surface area contributed by atoms with Crippen LogP contribution in [0.3, 0.4) is 0 Å². The quantitative estimate of drug-likeness (QED) is 0.640. The van der Waals surface area contributed by atoms with E-state index in [1.54, 1.807) is 0 Å². The van der Waals surface area contributed by atoms with Crippen LogP contribution in [-0.2, 0) is 9.53 Å². The third kappa shape index (κ3) is 2.69. The van der Waals surface area contributed by atoms with Crippen LogP contribution in [0.25, 0.3) is 0 Å². The zero-order chi connectivity index (χ0) is 10.7. The molecule has 85 valence electrons. The van der Waals surface area contributed by atoms with Crippen molar-refractivity contribution in [2.24, 2.45) is 5.92 Å². The molecule has 0 aromatic rings. The van der Waals surface area contributed by atoms with E-state index in [4.69, 9.17) is 10.5 Å². The van der Waals surface area contributed by atoms with E-state index in [2.05, 4.69) is 0 Å². The van der Waals surface area contributed by atoms with E-state index in [1.807, 2.05) is 4.90 Å². The summed E-state index contributed by atoms with van der Waals surface area (Å²) in [5, 5.41) is 0. The van der Waals surface area contributed by atoms with Crippen molar-refractivity contribution in [1.29, 1.82) is 0 Å². The van der Waals surface area contributed by atoms with Crippen LogP contribution in [0.5, 0.6) is 0 Å². The molecular weight excluding hydrogens is 192 g/mol. The summed E-state index contributed by atoms with van der Waals surface area (Å²) in [7, 11) is 0. The highest BCUT2D eigenvalue weighted by molar-refractivity contribution is 5.79. The first kappa shape index (κ1) is 10.9. The van der Waals surface area contributed by atoms with Gasteiger partial charge in [-0.1, -0.05) is 0 Å². The zero-order valence-corrected chi connectivity index (χ0v) is 9.08. The minimum absolute atomic E-state index is 0.0683. The molecule has 4 nitrogen and oxygen atoms in total. The van der Waals surface area contributed by atoms with Gasteiger partial charge in [-0.05, 0) is 25.7 Å². The molecule has 0 bridgehead atoms. The Morgan fingerprint density at radius 1 is 1.13 bits per heavy atom. The van der Waals surface area contributed by atoms with E-state index in [0.29, 0.717) is 19.1 Å². The molecule has 0 aromatic carbocycles. The third-order valence-electron chi connectivity index (χ3n) is 3.40. The van der Waals surface area contributed by atoms with Crippen LogP contribution in [0.15, 0.2) is 0 Å². The molecule has 0 aromatic heterocycles. The van der Waals surface area contributed by atoms with E-state index >= 15 is 0 Å². The van der Waals surface area contributed by atoms with Crippen molar-refractivity contribution < 1.29 is 9.53 Å². The second-order valence-corrected chi connectivity index (χ2v) is 4.49. The normalized spacial score (nSPS) is 32.7. The molecule has 1 N–H and O–H groups in total. The van der Waals surface area contributed by atoms with Gasteiger partial charge < -0.3 is 9.64 Å². The number of amides is 1. The lowest BCUT2D eigenvalue weighted by atomic mass is 9.85. The summed E-state index contributed by atoms with van der Waals surface area (Å²) in [4.78, 5) is 14.0. The first-order valence-corrected chi connectivity index (χ1v) is 5.85. The summed E-state index contributed by atoms with van der Waals surface area (Å²) in [5.74, 6) is 0.481. The summed E-state index contributed by atoms with van der Waals surface area (Å²) in [6, 6.07) is 0.0683. The van der Waals surface area contributed by atoms with E-state index in [9.17, 15) is 4.79 Å². The molecule has 4 heteroatoms. The Hall–Kier alpha value is -0.610. The molecule has 1 aliphatic carbocycles. The predicted octanol–water partition coefficient (Wildman–Crippen LogP) is 0.687. The van der Waals surface area contributed by atoms with Crippen LogP contribution in [-0.4, -0.2) is 43.2 Å². The maximum Gasteiger partial charge on any atom is 0.225 e. The lowest BCUT2D eigenvalue weighted by Gasteiger charge is -2.32. The molecule has 1 heterocycles. The van der Waals surface area contributed by atoms with Gasteiger partial charge in [0.25, 0.3) is 0 Å². The molecular formula is C11H19N2O2. The lowest BCUT2D eigenvalue weighted by Crippen LogP contribution is -2.44. The van der Waals surface area contributed by atoms with Gasteiger partial charge in [-0.2, -0.15) is 0 Å². The minimum atomic E-state index is 0.0683. The number of nitrogens with zero attached hydrogens (tertiary/aromatic N) is 1. The molecule has 1 saturated carbocycles. The largest absolute Gasteiger partial charge is 0.378 e. The number of rotatable bonds is 1. The molecule has 0 spiro atoms. The average molecular weight is 211 g/mol. The molecule has 2 aliphatic rings. The van der Waals surface area contributed by atoms with Gasteiger partial charge in [-0.3, -0.25) is 10.5 Å². The Kier molecular flexibility index (Phi) is 3.59. The van der Waals surface area contributed by atoms with Crippen LogP contribution in [0.1, 0.15) is 25.7 Å². The van der Waals surface area contributed by atoms with E-state index < -0.39 is 0 Å². The lowest BCUT2D eigenvalue weighted by molar-refractivity contribution is -0.140. The Balaban J connectivity index is 1.84. The van der Waals surface area contributed by atoms with Crippen LogP contribution < -0.4 is 5.73 Å². The van der Waals surface area contributed by atoms with Gasteiger partial charge in [0.2, 0.25) is 5.91 Å². The van der Waals surface area contributed by atoms with Gasteiger partial charge in [0.05, 0.1) is 13.2 Å². The SMILES string of the molecule is [NH][C@H]1CC[C@H](C(=O)N2CCOCC2)CC1. The summed E-state index contributed by atoms with van der Waals surface area (Å²) < 4.78 is 5.23. The summed E-state index contributed by atoms with van der Waals surface area (Å²) in [6.45, 7) is 2.86. The van der Waals surface area contributed by atoms with Crippen molar-refractivity contribution in [2.75, 3.05) is 26.3 Å². The van der Waals surface area contributed by atoms with E-state index in [0.717, 1.165) is 38.8 Å². The molecule has 2 fully saturated rings. The van der Waals surface area contributed by atoms with Crippen LogP contribution in [0.4, 0.5) is 0 Å². The molecule has 2 rings (SSSR count). The van der Waals surface area contributed by atoms with Gasteiger partial charge in [-0.15, -0.1) is 0 Å². The van der Waals surface area contributed by atoms with Gasteiger partial charge in [0.1, 0.15) is 0 Å². The fraction of sp³-hybridized carbons (Fsp3) is 0.909. The number of hydrogen-bond donors (Lipinski definition) is 0. The number of carbonyl (C=O) groups excluding carboxylic acids is 1. The monoisotopic (exact) mass is 211 g/mol. The van der Waals surface area contributed by atoms with Gasteiger partial charge in [0.15, 0.2) is 0 Å². The molecule has 1 aliphatic heterocycles. The average Bonchev–Trinajstić information content (AvgIpc) is 2.30. The van der Waals surface area contributed by atoms with Gasteiger partial charge >= 0.3 is 0 Å². The smallest absolute Gasteiger partial charge is 0.225 e. The summed E-state index contributed by atoms with van der Waals surface area (Å²) in [5.41, 5.74) is 7.60. The molecule has 1 radical (unpaired) electrons. The highest BCUT2D eigenvalue weighted by atomic mass is 16.5. The van der Waals surface area contributed by atoms with Gasteiger partial charge in [-0.25, -0.2) is 0 Å². The van der Waals surface area contributed by atoms with Gasteiger partial charge in [0, 0.05) is 25.0 Å². The Morgan fingerprint density at radius 2 is 1.73 bits per heavy atom. The highest BCUT2D eigenvalue weighted by Gasteiger charge is 2.29. The zero-order valence-electron chi connectivity index (χ0n) is 9.08. The van der Waals surface area contributed by atoms with Crippen LogP contribution in [0, 0.1) is 5.92 Å². The molecule has 15 heavy (non-hydrogen) atoms. The van der Waals surface area contributed by atoms with Crippen molar-refractivity contribution in [3.8, 4) is 0 Å². The number of nitrogens with one attached hydrogen (secondary N) is 1. The highest BCUT2D eigenvalue weighted by Crippen LogP contribution is 2.25. The molecule has 0 atom stereocenters. The summed E-state index contributed by atoms with van der Waals surface area (Å²) >= 11 is 0. The second kappa shape index (κ2) is 4.94. The van der Waals surface area contributed by atoms with Crippen LogP contribution in [0.2, 0.25) is 0 Å². The number of morpholine rings is 1. The Labute approximate surface area is 90.8 Å². The van der Waals surface area contributed by atoms with Crippen molar-refractivity contribution in [3.05, 3.63) is 0 Å². The summed E-state index contributed by atoms with van der Waals surface area (Å²) in [6.07, 6.45) is 3.59.